The van der Waals surface area contributed by atoms with E-state index in [1.165, 1.54) is 0 Å². The molecule has 1 aromatic carbocycles. The van der Waals surface area contributed by atoms with Crippen LogP contribution in [-0.2, 0) is 0 Å². The molecule has 5 heteroatoms. The highest BCUT2D eigenvalue weighted by atomic mass is 35.5. The fraction of sp³-hybridized carbons (Fsp3) is 0.312. The molecule has 0 aliphatic heterocycles. The van der Waals surface area contributed by atoms with Gasteiger partial charge in [-0.1, -0.05) is 24.6 Å². The van der Waals surface area contributed by atoms with Gasteiger partial charge in [-0.25, -0.2) is 4.98 Å². The number of aromatic nitrogens is 1. The molecule has 0 unspecified atom stereocenters. The van der Waals surface area contributed by atoms with Gasteiger partial charge in [0.15, 0.2) is 0 Å². The van der Waals surface area contributed by atoms with Crippen LogP contribution in [0.2, 0.25) is 5.02 Å². The fourth-order valence-corrected chi connectivity index (χ4v) is 2.08. The Kier molecular flexibility index (Phi) is 5.28. The maximum absolute atomic E-state index is 6.12. The van der Waals surface area contributed by atoms with E-state index in [1.807, 2.05) is 31.2 Å². The number of ether oxygens (including phenoxy) is 1. The minimum Gasteiger partial charge on any atom is -0.495 e. The molecule has 2 aromatic rings. The van der Waals surface area contributed by atoms with Crippen LogP contribution < -0.4 is 15.4 Å². The monoisotopic (exact) mass is 305 g/mol. The average Bonchev–Trinajstić information content (AvgIpc) is 2.49. The van der Waals surface area contributed by atoms with E-state index in [-0.39, 0.29) is 0 Å². The maximum Gasteiger partial charge on any atom is 0.143 e. The molecular formula is C16H20ClN3O. The van der Waals surface area contributed by atoms with E-state index in [0.29, 0.717) is 10.8 Å². The zero-order valence-electron chi connectivity index (χ0n) is 12.5. The quantitative estimate of drug-likeness (QED) is 0.817. The first-order chi connectivity index (χ1) is 10.1. The largest absolute Gasteiger partial charge is 0.495 e. The molecule has 2 rings (SSSR count). The zero-order chi connectivity index (χ0) is 15.2. The van der Waals surface area contributed by atoms with Gasteiger partial charge in [0.1, 0.15) is 17.4 Å². The summed E-state index contributed by atoms with van der Waals surface area (Å²) in [5.41, 5.74) is 1.83. The first-order valence-corrected chi connectivity index (χ1v) is 7.34. The second kappa shape index (κ2) is 7.18. The lowest BCUT2D eigenvalue weighted by atomic mass is 10.2. The van der Waals surface area contributed by atoms with Gasteiger partial charge in [-0.2, -0.15) is 0 Å². The molecule has 2 N–H and O–H groups in total. The van der Waals surface area contributed by atoms with Crippen molar-refractivity contribution in [2.24, 2.45) is 0 Å². The Morgan fingerprint density at radius 2 is 2.00 bits per heavy atom. The molecule has 0 bridgehead atoms. The van der Waals surface area contributed by atoms with Crippen LogP contribution in [0.3, 0.4) is 0 Å². The minimum atomic E-state index is 0.684. The summed E-state index contributed by atoms with van der Waals surface area (Å²) in [6, 6.07) is 9.58. The van der Waals surface area contributed by atoms with Gasteiger partial charge in [0.2, 0.25) is 0 Å². The molecule has 0 amide bonds. The number of methoxy groups -OCH3 is 1. The van der Waals surface area contributed by atoms with Gasteiger partial charge in [-0.05, 0) is 37.1 Å². The number of pyridine rings is 1. The lowest BCUT2D eigenvalue weighted by Crippen LogP contribution is -2.03. The zero-order valence-corrected chi connectivity index (χ0v) is 13.3. The molecule has 0 fully saturated rings. The van der Waals surface area contributed by atoms with Gasteiger partial charge < -0.3 is 15.4 Å². The number of rotatable bonds is 6. The second-order valence-corrected chi connectivity index (χ2v) is 5.17. The van der Waals surface area contributed by atoms with Crippen LogP contribution in [0.1, 0.15) is 18.9 Å². The second-order valence-electron chi connectivity index (χ2n) is 4.76. The molecular weight excluding hydrogens is 286 g/mol. The number of hydrogen-bond donors (Lipinski definition) is 2. The van der Waals surface area contributed by atoms with Crippen molar-refractivity contribution in [1.82, 2.24) is 4.98 Å². The molecule has 4 nitrogen and oxygen atoms in total. The van der Waals surface area contributed by atoms with E-state index >= 15 is 0 Å². The van der Waals surface area contributed by atoms with E-state index in [2.05, 4.69) is 22.5 Å². The fourth-order valence-electron chi connectivity index (χ4n) is 1.92. The Hall–Kier alpha value is -1.94. The Morgan fingerprint density at radius 1 is 1.24 bits per heavy atom. The molecule has 112 valence electrons. The molecule has 0 radical (unpaired) electrons. The van der Waals surface area contributed by atoms with Crippen molar-refractivity contribution < 1.29 is 4.74 Å². The molecule has 0 spiro atoms. The summed E-state index contributed by atoms with van der Waals surface area (Å²) in [4.78, 5) is 4.52. The molecule has 1 heterocycles. The van der Waals surface area contributed by atoms with Crippen LogP contribution in [-0.4, -0.2) is 18.6 Å². The SMILES string of the molecule is CCCNc1cccc(Nc2cc(C)c(Cl)cc2OC)n1. The standard InChI is InChI=1S/C16H20ClN3O/c1-4-8-18-15-6-5-7-16(20-15)19-13-9-11(2)12(17)10-14(13)21-3/h5-7,9-10H,4,8H2,1-3H3,(H2,18,19,20). The third kappa shape index (κ3) is 4.02. The first kappa shape index (κ1) is 15.4. The molecule has 0 atom stereocenters. The van der Waals surface area contributed by atoms with E-state index in [9.17, 15) is 0 Å². The van der Waals surface area contributed by atoms with Crippen molar-refractivity contribution >= 4 is 28.9 Å². The van der Waals surface area contributed by atoms with Gasteiger partial charge in [-0.3, -0.25) is 0 Å². The summed E-state index contributed by atoms with van der Waals surface area (Å²) in [5, 5.41) is 7.22. The van der Waals surface area contributed by atoms with Crippen LogP contribution in [0.4, 0.5) is 17.3 Å². The highest BCUT2D eigenvalue weighted by molar-refractivity contribution is 6.31. The van der Waals surface area contributed by atoms with Crippen molar-refractivity contribution in [3.8, 4) is 5.75 Å². The van der Waals surface area contributed by atoms with Crippen LogP contribution >= 0.6 is 11.6 Å². The van der Waals surface area contributed by atoms with Crippen molar-refractivity contribution in [2.75, 3.05) is 24.3 Å². The summed E-state index contributed by atoms with van der Waals surface area (Å²) >= 11 is 6.12. The van der Waals surface area contributed by atoms with Gasteiger partial charge in [0, 0.05) is 17.6 Å². The van der Waals surface area contributed by atoms with Crippen LogP contribution in [0.15, 0.2) is 30.3 Å². The molecule has 1 aromatic heterocycles. The number of anilines is 3. The Bertz CT molecular complexity index is 616. The van der Waals surface area contributed by atoms with Crippen LogP contribution in [0.25, 0.3) is 0 Å². The lowest BCUT2D eigenvalue weighted by molar-refractivity contribution is 0.416. The predicted octanol–water partition coefficient (Wildman–Crippen LogP) is 4.62. The van der Waals surface area contributed by atoms with E-state index < -0.39 is 0 Å². The first-order valence-electron chi connectivity index (χ1n) is 6.96. The third-order valence-corrected chi connectivity index (χ3v) is 3.46. The van der Waals surface area contributed by atoms with Gasteiger partial charge in [0.25, 0.3) is 0 Å². The molecule has 0 aliphatic rings. The van der Waals surface area contributed by atoms with E-state index in [1.54, 1.807) is 13.2 Å². The summed E-state index contributed by atoms with van der Waals surface area (Å²) in [6.45, 7) is 4.98. The normalized spacial score (nSPS) is 10.3. The van der Waals surface area contributed by atoms with Crippen molar-refractivity contribution in [3.63, 3.8) is 0 Å². The lowest BCUT2D eigenvalue weighted by Gasteiger charge is -2.13. The summed E-state index contributed by atoms with van der Waals surface area (Å²) < 4.78 is 5.36. The minimum absolute atomic E-state index is 0.684. The molecule has 21 heavy (non-hydrogen) atoms. The number of benzene rings is 1. The topological polar surface area (TPSA) is 46.2 Å². The molecule has 0 saturated carbocycles. The van der Waals surface area contributed by atoms with Crippen LogP contribution in [0, 0.1) is 6.92 Å². The Morgan fingerprint density at radius 3 is 2.71 bits per heavy atom. The smallest absolute Gasteiger partial charge is 0.143 e. The summed E-state index contributed by atoms with van der Waals surface area (Å²) in [6.07, 6.45) is 1.06. The van der Waals surface area contributed by atoms with Crippen molar-refractivity contribution in [2.45, 2.75) is 20.3 Å². The number of hydrogen-bond acceptors (Lipinski definition) is 4. The molecule has 0 saturated heterocycles. The van der Waals surface area contributed by atoms with Gasteiger partial charge in [-0.15, -0.1) is 0 Å². The van der Waals surface area contributed by atoms with Crippen molar-refractivity contribution in [3.05, 3.63) is 40.9 Å². The third-order valence-electron chi connectivity index (χ3n) is 3.05. The van der Waals surface area contributed by atoms with E-state index in [0.717, 1.165) is 35.9 Å². The number of halogens is 1. The Labute approximate surface area is 130 Å². The van der Waals surface area contributed by atoms with Crippen molar-refractivity contribution in [1.29, 1.82) is 0 Å². The van der Waals surface area contributed by atoms with Crippen LogP contribution in [0.5, 0.6) is 5.75 Å². The van der Waals surface area contributed by atoms with Gasteiger partial charge >= 0.3 is 0 Å². The summed E-state index contributed by atoms with van der Waals surface area (Å²) in [5.74, 6) is 2.31. The maximum atomic E-state index is 6.12. The Balaban J connectivity index is 2.23. The number of nitrogens with one attached hydrogen (secondary N) is 2. The van der Waals surface area contributed by atoms with E-state index in [4.69, 9.17) is 16.3 Å². The predicted molar refractivity (Wildman–Crippen MR) is 89.0 cm³/mol. The highest BCUT2D eigenvalue weighted by Crippen LogP contribution is 2.32. The number of aryl methyl sites for hydroxylation is 1. The highest BCUT2D eigenvalue weighted by Gasteiger charge is 2.08. The number of nitrogens with zero attached hydrogens (tertiary/aromatic N) is 1. The van der Waals surface area contributed by atoms with Gasteiger partial charge in [0.05, 0.1) is 12.8 Å². The molecule has 0 aliphatic carbocycles. The summed E-state index contributed by atoms with van der Waals surface area (Å²) in [7, 11) is 1.62. The average molecular weight is 306 g/mol.